The van der Waals surface area contributed by atoms with Gasteiger partial charge in [0.2, 0.25) is 0 Å². The number of hydrogen-bond donors (Lipinski definition) is 0. The van der Waals surface area contributed by atoms with Crippen molar-refractivity contribution in [3.05, 3.63) is 30.1 Å². The quantitative estimate of drug-likeness (QED) is 0.804. The maximum absolute atomic E-state index is 4.76. The highest BCUT2D eigenvalue weighted by Gasteiger charge is 2.25. The van der Waals surface area contributed by atoms with Crippen LogP contribution in [0.15, 0.2) is 24.4 Å². The predicted molar refractivity (Wildman–Crippen MR) is 100 cm³/mol. The van der Waals surface area contributed by atoms with E-state index in [0.717, 1.165) is 5.92 Å². The molecule has 0 aromatic carbocycles. The first kappa shape index (κ1) is 16.1. The normalized spacial score (nSPS) is 21.5. The van der Waals surface area contributed by atoms with Crippen LogP contribution in [-0.4, -0.2) is 34.1 Å². The Morgan fingerprint density at radius 2 is 1.88 bits per heavy atom. The zero-order chi connectivity index (χ0) is 16.4. The molecule has 0 spiro atoms. The third-order valence-corrected chi connectivity index (χ3v) is 6.27. The second-order valence-corrected chi connectivity index (χ2v) is 7.80. The molecular formula is C21H31N3. The van der Waals surface area contributed by atoms with Gasteiger partial charge in [-0.15, -0.1) is 0 Å². The summed E-state index contributed by atoms with van der Waals surface area (Å²) in [6.07, 6.45) is 12.9. The van der Waals surface area contributed by atoms with Gasteiger partial charge in [0.1, 0.15) is 5.65 Å². The highest BCUT2D eigenvalue weighted by molar-refractivity contribution is 5.77. The number of pyridine rings is 1. The number of likely N-dealkylation sites (tertiary alicyclic amines) is 1. The van der Waals surface area contributed by atoms with Gasteiger partial charge in [-0.05, 0) is 49.9 Å². The average molecular weight is 326 g/mol. The molecule has 24 heavy (non-hydrogen) atoms. The first-order chi connectivity index (χ1) is 11.8. The van der Waals surface area contributed by atoms with E-state index in [2.05, 4.69) is 34.6 Å². The van der Waals surface area contributed by atoms with Gasteiger partial charge in [-0.3, -0.25) is 0 Å². The standard InChI is InChI=1S/C21H31N3/c1-2-23-13-10-19(11-14-23)24-20(15-17-7-4-3-5-8-17)16-18-9-6-12-22-21(18)24/h6,9,12,16-17,19H,2-5,7-8,10-11,13-15H2,1H3. The van der Waals surface area contributed by atoms with E-state index in [4.69, 9.17) is 4.98 Å². The van der Waals surface area contributed by atoms with Gasteiger partial charge in [-0.1, -0.05) is 39.0 Å². The fraction of sp³-hybridized carbons (Fsp3) is 0.667. The highest BCUT2D eigenvalue weighted by Crippen LogP contribution is 2.33. The SMILES string of the molecule is CCN1CCC(n2c(CC3CCCCC3)cc3cccnc32)CC1. The van der Waals surface area contributed by atoms with Gasteiger partial charge in [-0.25, -0.2) is 4.98 Å². The van der Waals surface area contributed by atoms with Gasteiger partial charge in [-0.2, -0.15) is 0 Å². The summed E-state index contributed by atoms with van der Waals surface area (Å²) >= 11 is 0. The van der Waals surface area contributed by atoms with Crippen LogP contribution in [0.3, 0.4) is 0 Å². The molecular weight excluding hydrogens is 294 g/mol. The Bertz CT molecular complexity index is 661. The lowest BCUT2D eigenvalue weighted by Crippen LogP contribution is -2.35. The van der Waals surface area contributed by atoms with Crippen molar-refractivity contribution in [2.24, 2.45) is 5.92 Å². The summed E-state index contributed by atoms with van der Waals surface area (Å²) in [5.74, 6) is 0.887. The van der Waals surface area contributed by atoms with Crippen LogP contribution in [0.4, 0.5) is 0 Å². The van der Waals surface area contributed by atoms with Crippen molar-refractivity contribution in [3.8, 4) is 0 Å². The van der Waals surface area contributed by atoms with Crippen molar-refractivity contribution in [2.45, 2.75) is 64.3 Å². The lowest BCUT2D eigenvalue weighted by atomic mass is 9.86. The van der Waals surface area contributed by atoms with Crippen molar-refractivity contribution in [3.63, 3.8) is 0 Å². The van der Waals surface area contributed by atoms with E-state index < -0.39 is 0 Å². The fourth-order valence-electron chi connectivity index (χ4n) is 4.85. The van der Waals surface area contributed by atoms with Gasteiger partial charge in [0.05, 0.1) is 0 Å². The van der Waals surface area contributed by atoms with Crippen LogP contribution >= 0.6 is 0 Å². The van der Waals surface area contributed by atoms with E-state index in [9.17, 15) is 0 Å². The average Bonchev–Trinajstić information content (AvgIpc) is 3.00. The molecule has 2 aliphatic rings. The molecule has 1 aliphatic carbocycles. The van der Waals surface area contributed by atoms with Gasteiger partial charge < -0.3 is 9.47 Å². The third kappa shape index (κ3) is 3.23. The molecule has 2 fully saturated rings. The topological polar surface area (TPSA) is 21.1 Å². The Balaban J connectivity index is 1.63. The fourth-order valence-corrected chi connectivity index (χ4v) is 4.85. The van der Waals surface area contributed by atoms with Crippen LogP contribution in [0.5, 0.6) is 0 Å². The molecule has 3 nitrogen and oxygen atoms in total. The summed E-state index contributed by atoms with van der Waals surface area (Å²) in [6, 6.07) is 7.39. The first-order valence-electron chi connectivity index (χ1n) is 10.0. The smallest absolute Gasteiger partial charge is 0.140 e. The maximum atomic E-state index is 4.76. The first-order valence-corrected chi connectivity index (χ1v) is 10.0. The molecule has 0 atom stereocenters. The van der Waals surface area contributed by atoms with E-state index in [1.54, 1.807) is 5.69 Å². The summed E-state index contributed by atoms with van der Waals surface area (Å²) in [5.41, 5.74) is 2.77. The van der Waals surface area contributed by atoms with E-state index in [1.807, 2.05) is 6.20 Å². The van der Waals surface area contributed by atoms with Crippen LogP contribution in [0, 0.1) is 5.92 Å². The van der Waals surface area contributed by atoms with E-state index >= 15 is 0 Å². The molecule has 130 valence electrons. The van der Waals surface area contributed by atoms with Gasteiger partial charge in [0.25, 0.3) is 0 Å². The van der Waals surface area contributed by atoms with E-state index in [-0.39, 0.29) is 0 Å². The lowest BCUT2D eigenvalue weighted by Gasteiger charge is -2.33. The van der Waals surface area contributed by atoms with E-state index in [0.29, 0.717) is 6.04 Å². The summed E-state index contributed by atoms with van der Waals surface area (Å²) in [5, 5.41) is 1.33. The summed E-state index contributed by atoms with van der Waals surface area (Å²) in [7, 11) is 0. The monoisotopic (exact) mass is 325 g/mol. The number of nitrogens with zero attached hydrogens (tertiary/aromatic N) is 3. The van der Waals surface area contributed by atoms with Crippen molar-refractivity contribution in [1.82, 2.24) is 14.5 Å². The molecule has 0 amide bonds. The second kappa shape index (κ2) is 7.26. The zero-order valence-electron chi connectivity index (χ0n) is 15.1. The minimum Gasteiger partial charge on any atom is -0.326 e. The molecule has 3 heteroatoms. The predicted octanol–water partition coefficient (Wildman–Crippen LogP) is 4.82. The van der Waals surface area contributed by atoms with Crippen LogP contribution in [-0.2, 0) is 6.42 Å². The Morgan fingerprint density at radius 1 is 1.08 bits per heavy atom. The molecule has 1 aliphatic heterocycles. The largest absolute Gasteiger partial charge is 0.326 e. The molecule has 2 aromatic rings. The minimum atomic E-state index is 0.638. The van der Waals surface area contributed by atoms with E-state index in [1.165, 1.54) is 82.0 Å². The summed E-state index contributed by atoms with van der Waals surface area (Å²) in [6.45, 7) is 5.93. The van der Waals surface area contributed by atoms with Crippen LogP contribution < -0.4 is 0 Å². The zero-order valence-corrected chi connectivity index (χ0v) is 15.1. The Labute approximate surface area is 146 Å². The van der Waals surface area contributed by atoms with Crippen molar-refractivity contribution < 1.29 is 0 Å². The number of fused-ring (bicyclic) bond motifs is 1. The van der Waals surface area contributed by atoms with Crippen molar-refractivity contribution in [2.75, 3.05) is 19.6 Å². The molecule has 0 N–H and O–H groups in total. The van der Waals surface area contributed by atoms with Crippen LogP contribution in [0.25, 0.3) is 11.0 Å². The third-order valence-electron chi connectivity index (χ3n) is 6.27. The molecule has 4 rings (SSSR count). The van der Waals surface area contributed by atoms with Crippen molar-refractivity contribution >= 4 is 11.0 Å². The summed E-state index contributed by atoms with van der Waals surface area (Å²) in [4.78, 5) is 7.34. The lowest BCUT2D eigenvalue weighted by molar-refractivity contribution is 0.194. The van der Waals surface area contributed by atoms with Crippen LogP contribution in [0.2, 0.25) is 0 Å². The van der Waals surface area contributed by atoms with Crippen molar-refractivity contribution in [1.29, 1.82) is 0 Å². The Hall–Kier alpha value is -1.35. The van der Waals surface area contributed by atoms with Gasteiger partial charge in [0, 0.05) is 36.4 Å². The molecule has 3 heterocycles. The van der Waals surface area contributed by atoms with Gasteiger partial charge in [0.15, 0.2) is 0 Å². The van der Waals surface area contributed by atoms with Crippen LogP contribution in [0.1, 0.15) is 63.6 Å². The summed E-state index contributed by atoms with van der Waals surface area (Å²) < 4.78 is 2.62. The second-order valence-electron chi connectivity index (χ2n) is 7.80. The Kier molecular flexibility index (Phi) is 4.88. The van der Waals surface area contributed by atoms with Gasteiger partial charge >= 0.3 is 0 Å². The molecule has 0 unspecified atom stereocenters. The minimum absolute atomic E-state index is 0.638. The highest BCUT2D eigenvalue weighted by atomic mass is 15.2. The number of hydrogen-bond acceptors (Lipinski definition) is 2. The number of aromatic nitrogens is 2. The molecule has 2 aromatic heterocycles. The number of rotatable bonds is 4. The maximum Gasteiger partial charge on any atom is 0.140 e. The molecule has 0 radical (unpaired) electrons. The molecule has 1 saturated heterocycles. The Morgan fingerprint density at radius 3 is 2.62 bits per heavy atom. The molecule has 1 saturated carbocycles. The molecule has 0 bridgehead atoms. The number of piperidine rings is 1.